The molecular weight excluding hydrogens is 277 g/mol. The molecule has 0 aliphatic heterocycles. The van der Waals surface area contributed by atoms with Gasteiger partial charge in [0.05, 0.1) is 10.8 Å². The zero-order valence-electron chi connectivity index (χ0n) is 10.7. The topological polar surface area (TPSA) is 37.4 Å². The van der Waals surface area contributed by atoms with E-state index in [0.29, 0.717) is 6.54 Å². The molecule has 6 heteroatoms. The SMILES string of the molecule is CCCN(C)S(=O)(=O)c1cc(C)c(F)c(CCl)c1. The van der Waals surface area contributed by atoms with Gasteiger partial charge >= 0.3 is 0 Å². The lowest BCUT2D eigenvalue weighted by atomic mass is 10.1. The molecule has 0 N–H and O–H groups in total. The summed E-state index contributed by atoms with van der Waals surface area (Å²) in [5, 5.41) is 0. The summed E-state index contributed by atoms with van der Waals surface area (Å²) in [5.74, 6) is -0.491. The number of sulfonamides is 1. The summed E-state index contributed by atoms with van der Waals surface area (Å²) in [6.07, 6.45) is 0.721. The number of alkyl halides is 1. The first-order valence-corrected chi connectivity index (χ1v) is 7.63. The van der Waals surface area contributed by atoms with Gasteiger partial charge < -0.3 is 0 Å². The summed E-state index contributed by atoms with van der Waals surface area (Å²) in [5.41, 5.74) is 0.497. The Hall–Kier alpha value is -0.650. The van der Waals surface area contributed by atoms with E-state index in [1.807, 2.05) is 6.92 Å². The highest BCUT2D eigenvalue weighted by atomic mass is 35.5. The fourth-order valence-electron chi connectivity index (χ4n) is 1.67. The van der Waals surface area contributed by atoms with Crippen molar-refractivity contribution in [1.29, 1.82) is 0 Å². The summed E-state index contributed by atoms with van der Waals surface area (Å²) in [4.78, 5) is 0.0907. The van der Waals surface area contributed by atoms with E-state index in [2.05, 4.69) is 0 Å². The molecule has 1 rings (SSSR count). The molecule has 3 nitrogen and oxygen atoms in total. The fraction of sp³-hybridized carbons (Fsp3) is 0.500. The first-order valence-electron chi connectivity index (χ1n) is 5.66. The maximum atomic E-state index is 13.6. The second kappa shape index (κ2) is 5.99. The maximum absolute atomic E-state index is 13.6. The Bertz CT molecular complexity index is 531. The van der Waals surface area contributed by atoms with E-state index in [4.69, 9.17) is 11.6 Å². The highest BCUT2D eigenvalue weighted by molar-refractivity contribution is 7.89. The molecule has 0 saturated carbocycles. The van der Waals surface area contributed by atoms with Crippen molar-refractivity contribution in [3.8, 4) is 0 Å². The van der Waals surface area contributed by atoms with Crippen LogP contribution in [0.1, 0.15) is 24.5 Å². The molecule has 0 saturated heterocycles. The molecule has 0 radical (unpaired) electrons. The third-order valence-corrected chi connectivity index (χ3v) is 4.82. The average Bonchev–Trinajstić information content (AvgIpc) is 2.32. The monoisotopic (exact) mass is 293 g/mol. The Kier molecular flexibility index (Phi) is 5.13. The largest absolute Gasteiger partial charge is 0.242 e. The smallest absolute Gasteiger partial charge is 0.207 e. The molecule has 18 heavy (non-hydrogen) atoms. The summed E-state index contributed by atoms with van der Waals surface area (Å²) in [6, 6.07) is 2.64. The Balaban J connectivity index is 3.29. The lowest BCUT2D eigenvalue weighted by molar-refractivity contribution is 0.468. The molecule has 0 heterocycles. The van der Waals surface area contributed by atoms with E-state index >= 15 is 0 Å². The van der Waals surface area contributed by atoms with E-state index in [-0.39, 0.29) is 21.9 Å². The van der Waals surface area contributed by atoms with Gasteiger partial charge in [0.2, 0.25) is 10.0 Å². The van der Waals surface area contributed by atoms with Gasteiger partial charge in [-0.2, -0.15) is 0 Å². The number of hydrogen-bond donors (Lipinski definition) is 0. The van der Waals surface area contributed by atoms with Crippen molar-refractivity contribution in [1.82, 2.24) is 4.31 Å². The van der Waals surface area contributed by atoms with E-state index in [1.165, 1.54) is 30.4 Å². The predicted octanol–water partition coefficient (Wildman–Crippen LogP) is 2.90. The molecule has 1 aromatic carbocycles. The predicted molar refractivity (Wildman–Crippen MR) is 70.8 cm³/mol. The molecular formula is C12H17ClFNO2S. The Morgan fingerprint density at radius 2 is 2.00 bits per heavy atom. The van der Waals surface area contributed by atoms with E-state index in [0.717, 1.165) is 6.42 Å². The van der Waals surface area contributed by atoms with Crippen LogP contribution >= 0.6 is 11.6 Å². The van der Waals surface area contributed by atoms with Crippen LogP contribution in [-0.2, 0) is 15.9 Å². The molecule has 1 aromatic rings. The van der Waals surface area contributed by atoms with Crippen molar-refractivity contribution in [3.05, 3.63) is 29.1 Å². The second-order valence-corrected chi connectivity index (χ2v) is 6.49. The Morgan fingerprint density at radius 3 is 2.50 bits per heavy atom. The summed E-state index contributed by atoms with van der Waals surface area (Å²) >= 11 is 5.62. The first-order chi connectivity index (χ1) is 8.34. The van der Waals surface area contributed by atoms with Gasteiger partial charge in [-0.3, -0.25) is 0 Å². The lowest BCUT2D eigenvalue weighted by Crippen LogP contribution is -2.27. The number of nitrogens with zero attached hydrogens (tertiary/aromatic N) is 1. The van der Waals surface area contributed by atoms with Crippen molar-refractivity contribution in [2.75, 3.05) is 13.6 Å². The minimum Gasteiger partial charge on any atom is -0.207 e. The Labute approximate surface area is 113 Å². The molecule has 0 aliphatic carbocycles. The zero-order chi connectivity index (χ0) is 13.9. The number of hydrogen-bond acceptors (Lipinski definition) is 2. The molecule has 0 aromatic heterocycles. The maximum Gasteiger partial charge on any atom is 0.242 e. The highest BCUT2D eigenvalue weighted by Gasteiger charge is 2.22. The van der Waals surface area contributed by atoms with Crippen LogP contribution in [0.5, 0.6) is 0 Å². The van der Waals surface area contributed by atoms with Crippen molar-refractivity contribution >= 4 is 21.6 Å². The van der Waals surface area contributed by atoms with Crippen LogP contribution in [0.2, 0.25) is 0 Å². The molecule has 0 aliphatic rings. The Morgan fingerprint density at radius 1 is 1.39 bits per heavy atom. The normalized spacial score (nSPS) is 12.1. The number of rotatable bonds is 5. The molecule has 0 atom stereocenters. The van der Waals surface area contributed by atoms with Gasteiger partial charge in [0.25, 0.3) is 0 Å². The fourth-order valence-corrected chi connectivity index (χ4v) is 3.26. The van der Waals surface area contributed by atoms with Gasteiger partial charge in [0.15, 0.2) is 0 Å². The van der Waals surface area contributed by atoms with Crippen LogP contribution in [0.4, 0.5) is 4.39 Å². The van der Waals surface area contributed by atoms with Crippen molar-refractivity contribution in [2.45, 2.75) is 31.0 Å². The van der Waals surface area contributed by atoms with Crippen LogP contribution in [0, 0.1) is 12.7 Å². The second-order valence-electron chi connectivity index (χ2n) is 4.17. The van der Waals surface area contributed by atoms with E-state index < -0.39 is 15.8 Å². The van der Waals surface area contributed by atoms with Crippen LogP contribution in [0.15, 0.2) is 17.0 Å². The number of aryl methyl sites for hydroxylation is 1. The third kappa shape index (κ3) is 3.02. The molecule has 0 spiro atoms. The van der Waals surface area contributed by atoms with Crippen molar-refractivity contribution < 1.29 is 12.8 Å². The standard InChI is InChI=1S/C12H17ClFNO2S/c1-4-5-15(3)18(16,17)11-6-9(2)12(14)10(7-11)8-13/h6-7H,4-5,8H2,1-3H3. The minimum atomic E-state index is -3.56. The van der Waals surface area contributed by atoms with E-state index in [9.17, 15) is 12.8 Å². The molecule has 0 bridgehead atoms. The van der Waals surface area contributed by atoms with Crippen molar-refractivity contribution in [3.63, 3.8) is 0 Å². The van der Waals surface area contributed by atoms with Gasteiger partial charge in [-0.1, -0.05) is 6.92 Å². The van der Waals surface area contributed by atoms with Crippen LogP contribution in [0.3, 0.4) is 0 Å². The lowest BCUT2D eigenvalue weighted by Gasteiger charge is -2.17. The highest BCUT2D eigenvalue weighted by Crippen LogP contribution is 2.22. The van der Waals surface area contributed by atoms with Gasteiger partial charge in [0, 0.05) is 19.2 Å². The van der Waals surface area contributed by atoms with Gasteiger partial charge in [-0.05, 0) is 31.0 Å². The van der Waals surface area contributed by atoms with Gasteiger partial charge in [-0.25, -0.2) is 17.1 Å². The molecule has 0 amide bonds. The van der Waals surface area contributed by atoms with Crippen LogP contribution in [0.25, 0.3) is 0 Å². The average molecular weight is 294 g/mol. The zero-order valence-corrected chi connectivity index (χ0v) is 12.3. The summed E-state index contributed by atoms with van der Waals surface area (Å²) < 4.78 is 39.3. The molecule has 0 fully saturated rings. The van der Waals surface area contributed by atoms with Crippen LogP contribution < -0.4 is 0 Å². The first kappa shape index (κ1) is 15.4. The number of halogens is 2. The quantitative estimate of drug-likeness (QED) is 0.783. The minimum absolute atomic E-state index is 0.0481. The van der Waals surface area contributed by atoms with Gasteiger partial charge in [-0.15, -0.1) is 11.6 Å². The molecule has 0 unspecified atom stereocenters. The van der Waals surface area contributed by atoms with Crippen molar-refractivity contribution in [2.24, 2.45) is 0 Å². The summed E-state index contributed by atoms with van der Waals surface area (Å²) in [7, 11) is -2.05. The summed E-state index contributed by atoms with van der Waals surface area (Å²) in [6.45, 7) is 3.85. The third-order valence-electron chi connectivity index (χ3n) is 2.69. The van der Waals surface area contributed by atoms with Crippen LogP contribution in [-0.4, -0.2) is 26.3 Å². The number of benzene rings is 1. The van der Waals surface area contributed by atoms with Gasteiger partial charge in [0.1, 0.15) is 5.82 Å². The molecule has 102 valence electrons. The van der Waals surface area contributed by atoms with E-state index in [1.54, 1.807) is 0 Å².